The zero-order valence-electron chi connectivity index (χ0n) is 12.8. The van der Waals surface area contributed by atoms with Gasteiger partial charge in [-0.1, -0.05) is 6.07 Å². The van der Waals surface area contributed by atoms with E-state index in [9.17, 15) is 9.90 Å². The third-order valence-electron chi connectivity index (χ3n) is 3.71. The van der Waals surface area contributed by atoms with E-state index in [1.807, 2.05) is 18.2 Å². The van der Waals surface area contributed by atoms with Crippen LogP contribution in [0.15, 0.2) is 45.9 Å². The van der Waals surface area contributed by atoms with Crippen LogP contribution in [0.5, 0.6) is 5.75 Å². The second-order valence-electron chi connectivity index (χ2n) is 5.27. The molecule has 2 aromatic rings. The van der Waals surface area contributed by atoms with Crippen LogP contribution in [0.3, 0.4) is 0 Å². The van der Waals surface area contributed by atoms with Crippen molar-refractivity contribution in [2.45, 2.75) is 0 Å². The first-order chi connectivity index (χ1) is 11.4. The van der Waals surface area contributed by atoms with Crippen LogP contribution >= 0.6 is 15.9 Å². The van der Waals surface area contributed by atoms with E-state index in [0.717, 1.165) is 5.69 Å². The second-order valence-corrected chi connectivity index (χ2v) is 6.13. The zero-order chi connectivity index (χ0) is 17.4. The number of ketones is 1. The van der Waals surface area contributed by atoms with Gasteiger partial charge in [-0.15, -0.1) is 0 Å². The number of benzene rings is 2. The normalized spacial score (nSPS) is 15.2. The molecule has 122 valence electrons. The minimum Gasteiger partial charge on any atom is -0.506 e. The fourth-order valence-corrected chi connectivity index (χ4v) is 3.00. The number of hydrogen-bond donors (Lipinski definition) is 4. The summed E-state index contributed by atoms with van der Waals surface area (Å²) in [5.41, 5.74) is 14.5. The van der Waals surface area contributed by atoms with Gasteiger partial charge in [-0.2, -0.15) is 0 Å². The predicted molar refractivity (Wildman–Crippen MR) is 99.8 cm³/mol. The van der Waals surface area contributed by atoms with Crippen molar-refractivity contribution in [2.24, 2.45) is 10.7 Å². The molecular formula is C17H15BrN4O2. The monoisotopic (exact) mass is 386 g/mol. The van der Waals surface area contributed by atoms with E-state index in [4.69, 9.17) is 11.5 Å². The molecule has 3 rings (SSSR count). The van der Waals surface area contributed by atoms with Crippen molar-refractivity contribution in [1.82, 2.24) is 0 Å². The molecule has 6 N–H and O–H groups in total. The van der Waals surface area contributed by atoms with E-state index in [2.05, 4.69) is 26.2 Å². The average Bonchev–Trinajstić information content (AvgIpc) is 2.55. The number of aliphatic imine (C=N–C) groups is 1. The van der Waals surface area contributed by atoms with E-state index in [0.29, 0.717) is 10.2 Å². The van der Waals surface area contributed by atoms with Gasteiger partial charge in [0.15, 0.2) is 0 Å². The number of rotatable bonds is 2. The lowest BCUT2D eigenvalue weighted by Crippen LogP contribution is -2.23. The fraction of sp³-hybridized carbons (Fsp3) is 0.0588. The van der Waals surface area contributed by atoms with Crippen molar-refractivity contribution in [1.29, 1.82) is 0 Å². The molecule has 0 saturated heterocycles. The summed E-state index contributed by atoms with van der Waals surface area (Å²) in [5.74, 6) is -0.494. The number of phenolic OH excluding ortho intramolecular Hbond substituents is 1. The Morgan fingerprint density at radius 1 is 1.21 bits per heavy atom. The molecule has 1 aliphatic rings. The number of nitrogens with one attached hydrogen (secondary N) is 1. The molecule has 7 heteroatoms. The molecule has 0 radical (unpaired) electrons. The van der Waals surface area contributed by atoms with Crippen LogP contribution in [-0.2, 0) is 0 Å². The first-order valence-electron chi connectivity index (χ1n) is 7.12. The van der Waals surface area contributed by atoms with Crippen molar-refractivity contribution in [3.8, 4) is 5.75 Å². The number of carbonyl (C=O) groups excluding carboxylic acids is 1. The molecule has 0 unspecified atom stereocenters. The number of aromatic hydroxyl groups is 1. The third-order valence-corrected chi connectivity index (χ3v) is 4.31. The Labute approximate surface area is 147 Å². The number of phenols is 1. The fourth-order valence-electron chi connectivity index (χ4n) is 2.55. The summed E-state index contributed by atoms with van der Waals surface area (Å²) in [7, 11) is 1.80. The molecular weight excluding hydrogens is 372 g/mol. The van der Waals surface area contributed by atoms with Crippen LogP contribution < -0.4 is 16.8 Å². The van der Waals surface area contributed by atoms with Gasteiger partial charge >= 0.3 is 0 Å². The lowest BCUT2D eigenvalue weighted by molar-refractivity contribution is 0.106. The highest BCUT2D eigenvalue weighted by molar-refractivity contribution is 9.10. The Balaban J connectivity index is 2.16. The smallest absolute Gasteiger partial charge is 0.214 e. The van der Waals surface area contributed by atoms with Crippen molar-refractivity contribution in [3.05, 3.63) is 52.0 Å². The number of nitrogens with zero attached hydrogens (tertiary/aromatic N) is 1. The lowest BCUT2D eigenvalue weighted by Gasteiger charge is -2.19. The quantitative estimate of drug-likeness (QED) is 0.467. The molecule has 6 nitrogen and oxygen atoms in total. The summed E-state index contributed by atoms with van der Waals surface area (Å²) in [6.45, 7) is 0. The third kappa shape index (κ3) is 2.63. The number of carbonyl (C=O) groups is 1. The molecule has 0 heterocycles. The first kappa shape index (κ1) is 16.1. The van der Waals surface area contributed by atoms with Crippen LogP contribution in [-0.4, -0.2) is 23.6 Å². The summed E-state index contributed by atoms with van der Waals surface area (Å²) in [6, 6.07) is 8.78. The van der Waals surface area contributed by atoms with Gasteiger partial charge < -0.3 is 21.9 Å². The molecule has 24 heavy (non-hydrogen) atoms. The maximum atomic E-state index is 12.8. The highest BCUT2D eigenvalue weighted by Gasteiger charge is 2.29. The van der Waals surface area contributed by atoms with Crippen LogP contribution in [0.25, 0.3) is 5.70 Å². The number of Topliss-reactive ketones (excluding diaryl/α,β-unsaturated/α-hetero) is 1. The molecule has 2 aromatic carbocycles. The molecule has 0 bridgehead atoms. The highest BCUT2D eigenvalue weighted by atomic mass is 79.9. The molecule has 0 spiro atoms. The number of fused-ring (bicyclic) bond motifs is 1. The van der Waals surface area contributed by atoms with Crippen LogP contribution in [0.4, 0.5) is 17.1 Å². The van der Waals surface area contributed by atoms with Gasteiger partial charge in [-0.25, -0.2) is 4.99 Å². The van der Waals surface area contributed by atoms with Crippen LogP contribution in [0, 0.1) is 0 Å². The minimum absolute atomic E-state index is 0.113. The second kappa shape index (κ2) is 6.01. The SMILES string of the molecule is CNc1cccc(N=C2C=C(N)c3c(O)c(Br)cc(N)c3C2=O)c1. The molecule has 0 aliphatic heterocycles. The molecule has 0 fully saturated rings. The lowest BCUT2D eigenvalue weighted by atomic mass is 9.90. The summed E-state index contributed by atoms with van der Waals surface area (Å²) in [5, 5.41) is 13.2. The number of allylic oxidation sites excluding steroid dienone is 1. The minimum atomic E-state index is -0.380. The van der Waals surface area contributed by atoms with Gasteiger partial charge in [0.05, 0.1) is 21.3 Å². The van der Waals surface area contributed by atoms with Gasteiger partial charge in [0, 0.05) is 24.1 Å². The summed E-state index contributed by atoms with van der Waals surface area (Å²) in [4.78, 5) is 17.1. The largest absolute Gasteiger partial charge is 0.506 e. The van der Waals surface area contributed by atoms with Crippen molar-refractivity contribution in [3.63, 3.8) is 0 Å². The number of halogens is 1. The number of nitrogen functional groups attached to an aromatic ring is 1. The van der Waals surface area contributed by atoms with E-state index < -0.39 is 0 Å². The molecule has 0 amide bonds. The number of hydrogen-bond acceptors (Lipinski definition) is 6. The van der Waals surface area contributed by atoms with Crippen LogP contribution in [0.2, 0.25) is 0 Å². The Morgan fingerprint density at radius 2 is 1.96 bits per heavy atom. The van der Waals surface area contributed by atoms with Crippen molar-refractivity contribution < 1.29 is 9.90 Å². The van der Waals surface area contributed by atoms with Gasteiger partial charge in [0.25, 0.3) is 0 Å². The Bertz CT molecular complexity index is 919. The topological polar surface area (TPSA) is 114 Å². The van der Waals surface area contributed by atoms with E-state index in [1.165, 1.54) is 12.1 Å². The summed E-state index contributed by atoms with van der Waals surface area (Å²) >= 11 is 3.20. The van der Waals surface area contributed by atoms with E-state index in [-0.39, 0.29) is 39.8 Å². The standard InChI is InChI=1S/C17H15BrN4O2/c1-21-8-3-2-4-9(5-8)22-13-7-12(20)14-15(17(13)24)11(19)6-10(18)16(14)23/h2-7,21,23H,19-20H2,1H3. The summed E-state index contributed by atoms with van der Waals surface area (Å²) in [6.07, 6.45) is 1.45. The Morgan fingerprint density at radius 3 is 2.67 bits per heavy atom. The van der Waals surface area contributed by atoms with Crippen molar-refractivity contribution in [2.75, 3.05) is 18.1 Å². The Hall–Kier alpha value is -2.80. The number of nitrogens with two attached hydrogens (primary N) is 2. The maximum absolute atomic E-state index is 12.8. The van der Waals surface area contributed by atoms with Gasteiger partial charge in [0.1, 0.15) is 11.5 Å². The maximum Gasteiger partial charge on any atom is 0.214 e. The average molecular weight is 387 g/mol. The zero-order valence-corrected chi connectivity index (χ0v) is 14.4. The number of anilines is 2. The van der Waals surface area contributed by atoms with E-state index >= 15 is 0 Å². The summed E-state index contributed by atoms with van der Waals surface area (Å²) < 4.78 is 0.380. The van der Waals surface area contributed by atoms with Gasteiger partial charge in [-0.05, 0) is 46.3 Å². The van der Waals surface area contributed by atoms with Gasteiger partial charge in [-0.3, -0.25) is 4.79 Å². The molecule has 0 aromatic heterocycles. The predicted octanol–water partition coefficient (Wildman–Crippen LogP) is 3.05. The molecule has 0 atom stereocenters. The van der Waals surface area contributed by atoms with Crippen molar-refractivity contribution >= 4 is 50.2 Å². The Kier molecular flexibility index (Phi) is 4.02. The van der Waals surface area contributed by atoms with Gasteiger partial charge in [0.2, 0.25) is 5.78 Å². The van der Waals surface area contributed by atoms with E-state index in [1.54, 1.807) is 13.1 Å². The molecule has 0 saturated carbocycles. The highest BCUT2D eigenvalue weighted by Crippen LogP contribution is 2.39. The van der Waals surface area contributed by atoms with Crippen LogP contribution in [0.1, 0.15) is 15.9 Å². The molecule has 1 aliphatic carbocycles. The first-order valence-corrected chi connectivity index (χ1v) is 7.91.